The molecule has 2 rings (SSSR count). The molecule has 1 aromatic carbocycles. The van der Waals surface area contributed by atoms with Crippen LogP contribution in [0.1, 0.15) is 12.5 Å². The Bertz CT molecular complexity index is 798. The van der Waals surface area contributed by atoms with Crippen molar-refractivity contribution in [1.29, 1.82) is 0 Å². The van der Waals surface area contributed by atoms with Crippen molar-refractivity contribution in [3.8, 4) is 0 Å². The molecule has 0 bridgehead atoms. The van der Waals surface area contributed by atoms with Crippen LogP contribution in [0.3, 0.4) is 0 Å². The van der Waals surface area contributed by atoms with Gasteiger partial charge in [0.15, 0.2) is 0 Å². The van der Waals surface area contributed by atoms with Gasteiger partial charge in [0, 0.05) is 18.6 Å². The molecule has 4 atom stereocenters. The summed E-state index contributed by atoms with van der Waals surface area (Å²) in [6.45, 7) is 5.59. The van der Waals surface area contributed by atoms with Gasteiger partial charge in [0.1, 0.15) is 12.2 Å². The Labute approximate surface area is 174 Å². The van der Waals surface area contributed by atoms with E-state index >= 15 is 0 Å². The van der Waals surface area contributed by atoms with E-state index in [4.69, 9.17) is 14.2 Å². The van der Waals surface area contributed by atoms with E-state index in [0.717, 1.165) is 7.11 Å². The number of hydrogen-bond acceptors (Lipinski definition) is 4. The van der Waals surface area contributed by atoms with Gasteiger partial charge in [0.05, 0.1) is 6.61 Å². The lowest BCUT2D eigenvalue weighted by Gasteiger charge is -2.34. The van der Waals surface area contributed by atoms with Gasteiger partial charge in [-0.2, -0.15) is 13.2 Å². The van der Waals surface area contributed by atoms with Crippen molar-refractivity contribution in [2.75, 3.05) is 13.7 Å². The summed E-state index contributed by atoms with van der Waals surface area (Å²) in [5.41, 5.74) is -3.61. The van der Waals surface area contributed by atoms with Crippen LogP contribution in [0, 0.1) is 5.92 Å². The number of esters is 1. The Balaban J connectivity index is 2.43. The minimum Gasteiger partial charge on any atom is -0.456 e. The fraction of sp³-hybridized carbons (Fsp3) is 0.348. The molecule has 1 fully saturated rings. The van der Waals surface area contributed by atoms with Gasteiger partial charge in [-0.3, -0.25) is 0 Å². The van der Waals surface area contributed by atoms with Crippen LogP contribution in [0.25, 0.3) is 0 Å². The molecule has 0 saturated carbocycles. The molecule has 1 aliphatic heterocycles. The molecule has 0 spiro atoms. The van der Waals surface area contributed by atoms with E-state index in [1.807, 2.05) is 6.92 Å². The molecule has 1 aromatic rings. The number of benzene rings is 1. The molecule has 7 heteroatoms. The zero-order chi connectivity index (χ0) is 22.2. The van der Waals surface area contributed by atoms with E-state index in [-0.39, 0.29) is 12.2 Å². The Hall–Kier alpha value is -2.64. The van der Waals surface area contributed by atoms with Crippen LogP contribution < -0.4 is 0 Å². The highest BCUT2D eigenvalue weighted by Gasteiger charge is 2.64. The van der Waals surface area contributed by atoms with Gasteiger partial charge in [-0.1, -0.05) is 79.4 Å². The van der Waals surface area contributed by atoms with Crippen LogP contribution in [-0.4, -0.2) is 38.1 Å². The van der Waals surface area contributed by atoms with Crippen LogP contribution in [0.4, 0.5) is 13.2 Å². The molecular weight excluding hydrogens is 397 g/mol. The summed E-state index contributed by atoms with van der Waals surface area (Å²) < 4.78 is 58.2. The minimum atomic E-state index is -5.04. The van der Waals surface area contributed by atoms with Crippen molar-refractivity contribution in [3.63, 3.8) is 0 Å². The van der Waals surface area contributed by atoms with Crippen molar-refractivity contribution < 1.29 is 32.2 Å². The highest BCUT2D eigenvalue weighted by atomic mass is 19.4. The monoisotopic (exact) mass is 422 g/mol. The molecule has 1 heterocycles. The number of carbonyl (C=O) groups excluding carboxylic acids is 1. The summed E-state index contributed by atoms with van der Waals surface area (Å²) in [5.74, 6) is -1.97. The summed E-state index contributed by atoms with van der Waals surface area (Å²) in [7, 11) is 0.839. The number of rotatable bonds is 8. The number of methoxy groups -OCH3 is 1. The van der Waals surface area contributed by atoms with Gasteiger partial charge in [-0.15, -0.1) is 0 Å². The number of halogens is 3. The van der Waals surface area contributed by atoms with Crippen LogP contribution >= 0.6 is 0 Å². The second-order valence-corrected chi connectivity index (χ2v) is 6.61. The molecule has 0 amide bonds. The lowest BCUT2D eigenvalue weighted by Crippen LogP contribution is -2.53. The summed E-state index contributed by atoms with van der Waals surface area (Å²) in [6, 6.07) is 6.72. The van der Waals surface area contributed by atoms with Crippen LogP contribution in [0.15, 0.2) is 79.4 Å². The van der Waals surface area contributed by atoms with E-state index in [9.17, 15) is 18.0 Å². The van der Waals surface area contributed by atoms with E-state index in [1.165, 1.54) is 30.3 Å². The highest BCUT2D eigenvalue weighted by Crippen LogP contribution is 2.44. The fourth-order valence-corrected chi connectivity index (χ4v) is 3.24. The Morgan fingerprint density at radius 3 is 2.43 bits per heavy atom. The summed E-state index contributed by atoms with van der Waals surface area (Å²) in [5, 5.41) is 0. The molecular formula is C23H25F3O4. The molecule has 0 aliphatic carbocycles. The first-order valence-electron chi connectivity index (χ1n) is 9.40. The van der Waals surface area contributed by atoms with Crippen molar-refractivity contribution in [1.82, 2.24) is 0 Å². The van der Waals surface area contributed by atoms with Gasteiger partial charge in [-0.25, -0.2) is 4.79 Å². The molecule has 0 radical (unpaired) electrons. The first-order valence-corrected chi connectivity index (χ1v) is 9.40. The molecule has 0 N–H and O–H groups in total. The smallest absolute Gasteiger partial charge is 0.432 e. The minimum absolute atomic E-state index is 0.190. The molecule has 0 unspecified atom stereocenters. The zero-order valence-electron chi connectivity index (χ0n) is 16.8. The predicted molar refractivity (Wildman–Crippen MR) is 108 cm³/mol. The number of alkyl halides is 3. The third kappa shape index (κ3) is 4.91. The average Bonchev–Trinajstić information content (AvgIpc) is 3.08. The first kappa shape index (κ1) is 23.6. The molecule has 4 nitrogen and oxygen atoms in total. The van der Waals surface area contributed by atoms with Crippen LogP contribution in [-0.2, 0) is 24.6 Å². The second-order valence-electron chi connectivity index (χ2n) is 6.61. The summed E-state index contributed by atoms with van der Waals surface area (Å²) in [4.78, 5) is 13.0. The highest BCUT2D eigenvalue weighted by molar-refractivity contribution is 5.83. The third-order valence-electron chi connectivity index (χ3n) is 4.74. The fourth-order valence-electron chi connectivity index (χ4n) is 3.24. The van der Waals surface area contributed by atoms with E-state index in [0.29, 0.717) is 0 Å². The van der Waals surface area contributed by atoms with Gasteiger partial charge in [-0.05, 0) is 6.92 Å². The number of ether oxygens (including phenoxy) is 3. The third-order valence-corrected chi connectivity index (χ3v) is 4.74. The van der Waals surface area contributed by atoms with Crippen LogP contribution in [0.2, 0.25) is 0 Å². The lowest BCUT2D eigenvalue weighted by atomic mass is 9.92. The van der Waals surface area contributed by atoms with E-state index in [2.05, 4.69) is 6.58 Å². The maximum absolute atomic E-state index is 14.1. The Morgan fingerprint density at radius 2 is 1.87 bits per heavy atom. The molecule has 1 saturated heterocycles. The standard InChI is InChI=1S/C23H25F3O4/c1-4-6-9-12-17-16-29-19(15-7-5-2)20(17)30-21(27)22(28-3,23(24,25)26)18-13-10-8-11-14-18/h4-15,17,19-20H,2,16H2,1,3H3/b6-4+,12-9+,15-7+/t17-,19-,20+,22+/m1/s1. The van der Waals surface area contributed by atoms with Gasteiger partial charge >= 0.3 is 12.1 Å². The lowest BCUT2D eigenvalue weighted by molar-refractivity contribution is -0.278. The van der Waals surface area contributed by atoms with Gasteiger partial charge in [0.25, 0.3) is 5.60 Å². The molecule has 1 aliphatic rings. The maximum Gasteiger partial charge on any atom is 0.432 e. The number of allylic oxidation sites excluding steroid dienone is 5. The summed E-state index contributed by atoms with van der Waals surface area (Å²) >= 11 is 0. The Morgan fingerprint density at radius 1 is 1.17 bits per heavy atom. The van der Waals surface area contributed by atoms with Crippen molar-refractivity contribution in [2.45, 2.75) is 30.9 Å². The average molecular weight is 422 g/mol. The zero-order valence-corrected chi connectivity index (χ0v) is 16.8. The second kappa shape index (κ2) is 10.4. The normalized spacial score (nSPS) is 24.5. The van der Waals surface area contributed by atoms with Crippen molar-refractivity contribution in [3.05, 3.63) is 85.0 Å². The maximum atomic E-state index is 14.1. The van der Waals surface area contributed by atoms with Crippen LogP contribution in [0.5, 0.6) is 0 Å². The first-order chi connectivity index (χ1) is 14.3. The van der Waals surface area contributed by atoms with Crippen molar-refractivity contribution >= 4 is 5.97 Å². The van der Waals surface area contributed by atoms with E-state index in [1.54, 1.807) is 42.5 Å². The number of carbonyl (C=O) groups is 1. The largest absolute Gasteiger partial charge is 0.456 e. The van der Waals surface area contributed by atoms with Gasteiger partial charge < -0.3 is 14.2 Å². The molecule has 30 heavy (non-hydrogen) atoms. The quantitative estimate of drug-likeness (QED) is 0.442. The Kier molecular flexibility index (Phi) is 8.20. The van der Waals surface area contributed by atoms with Gasteiger partial charge in [0.2, 0.25) is 0 Å². The molecule has 162 valence electrons. The number of hydrogen-bond donors (Lipinski definition) is 0. The molecule has 0 aromatic heterocycles. The topological polar surface area (TPSA) is 44.8 Å². The summed E-state index contributed by atoms with van der Waals surface area (Å²) in [6.07, 6.45) is 5.02. The van der Waals surface area contributed by atoms with E-state index < -0.39 is 35.9 Å². The van der Waals surface area contributed by atoms with Crippen molar-refractivity contribution in [2.24, 2.45) is 5.92 Å². The SMILES string of the molecule is C=C/C=C/[C@H]1OC[C@@H](/C=C/C=C/C)[C@@H]1OC(=O)[C@@](OC)(c1ccccc1)C(F)(F)F. The predicted octanol–water partition coefficient (Wildman–Crippen LogP) is 4.89.